The van der Waals surface area contributed by atoms with Crippen molar-refractivity contribution in [2.75, 3.05) is 6.61 Å². The molecule has 2 rings (SSSR count). The van der Waals surface area contributed by atoms with E-state index in [9.17, 15) is 9.59 Å². The summed E-state index contributed by atoms with van der Waals surface area (Å²) in [5.41, 5.74) is 2.73. The van der Waals surface area contributed by atoms with Crippen molar-refractivity contribution in [3.8, 4) is 6.07 Å². The average molecular weight is 308 g/mol. The Morgan fingerprint density at radius 1 is 1.17 bits per heavy atom. The molecule has 5 heteroatoms. The Kier molecular flexibility index (Phi) is 5.48. The lowest BCUT2D eigenvalue weighted by Gasteiger charge is -2.07. The molecule has 5 nitrogen and oxygen atoms in total. The molecule has 0 bridgehead atoms. The van der Waals surface area contributed by atoms with Gasteiger partial charge in [0.15, 0.2) is 6.61 Å². The lowest BCUT2D eigenvalue weighted by Crippen LogP contribution is -2.28. The third kappa shape index (κ3) is 4.97. The van der Waals surface area contributed by atoms with E-state index in [4.69, 9.17) is 10.00 Å². The molecule has 2 aromatic rings. The van der Waals surface area contributed by atoms with Crippen molar-refractivity contribution in [3.63, 3.8) is 0 Å². The van der Waals surface area contributed by atoms with Crippen molar-refractivity contribution < 1.29 is 14.3 Å². The van der Waals surface area contributed by atoms with Gasteiger partial charge in [-0.3, -0.25) is 4.79 Å². The monoisotopic (exact) mass is 308 g/mol. The van der Waals surface area contributed by atoms with E-state index in [-0.39, 0.29) is 18.1 Å². The SMILES string of the molecule is Cc1ccc(CNC(=O)COC(=O)c2cccc(C#N)c2)cc1. The van der Waals surface area contributed by atoms with E-state index in [2.05, 4.69) is 5.32 Å². The summed E-state index contributed by atoms with van der Waals surface area (Å²) in [4.78, 5) is 23.5. The molecule has 0 heterocycles. The normalized spacial score (nSPS) is 9.74. The van der Waals surface area contributed by atoms with Gasteiger partial charge < -0.3 is 10.1 Å². The highest BCUT2D eigenvalue weighted by molar-refractivity contribution is 5.91. The van der Waals surface area contributed by atoms with E-state index in [0.29, 0.717) is 12.1 Å². The third-order valence-corrected chi connectivity index (χ3v) is 3.17. The number of carbonyl (C=O) groups is 2. The Morgan fingerprint density at radius 3 is 2.61 bits per heavy atom. The first-order valence-electron chi connectivity index (χ1n) is 7.08. The fourth-order valence-electron chi connectivity index (χ4n) is 1.89. The number of nitrogens with one attached hydrogen (secondary N) is 1. The smallest absolute Gasteiger partial charge is 0.338 e. The minimum Gasteiger partial charge on any atom is -0.452 e. The molecule has 0 aliphatic carbocycles. The summed E-state index contributed by atoms with van der Waals surface area (Å²) < 4.78 is 4.94. The molecule has 0 saturated heterocycles. The van der Waals surface area contributed by atoms with Gasteiger partial charge in [-0.1, -0.05) is 35.9 Å². The first-order chi connectivity index (χ1) is 11.1. The summed E-state index contributed by atoms with van der Waals surface area (Å²) in [7, 11) is 0. The molecule has 0 unspecified atom stereocenters. The zero-order valence-electron chi connectivity index (χ0n) is 12.7. The van der Waals surface area contributed by atoms with Gasteiger partial charge in [-0.15, -0.1) is 0 Å². The maximum atomic E-state index is 11.8. The molecule has 0 aliphatic rings. The fraction of sp³-hybridized carbons (Fsp3) is 0.167. The van der Waals surface area contributed by atoms with Crippen LogP contribution < -0.4 is 5.32 Å². The summed E-state index contributed by atoms with van der Waals surface area (Å²) in [6.45, 7) is 2.01. The number of hydrogen-bond acceptors (Lipinski definition) is 4. The maximum absolute atomic E-state index is 11.8. The molecule has 0 atom stereocenters. The number of nitriles is 1. The minimum atomic E-state index is -0.632. The Labute approximate surface area is 134 Å². The molecule has 0 spiro atoms. The van der Waals surface area contributed by atoms with Crippen LogP contribution in [0, 0.1) is 18.3 Å². The summed E-state index contributed by atoms with van der Waals surface area (Å²) in [6, 6.07) is 15.9. The second kappa shape index (κ2) is 7.76. The van der Waals surface area contributed by atoms with Crippen LogP contribution >= 0.6 is 0 Å². The third-order valence-electron chi connectivity index (χ3n) is 3.17. The number of hydrogen-bond donors (Lipinski definition) is 1. The molecule has 1 amide bonds. The number of esters is 1. The highest BCUT2D eigenvalue weighted by atomic mass is 16.5. The van der Waals surface area contributed by atoms with Crippen molar-refractivity contribution in [3.05, 3.63) is 70.8 Å². The first kappa shape index (κ1) is 16.2. The number of aryl methyl sites for hydroxylation is 1. The fourth-order valence-corrected chi connectivity index (χ4v) is 1.89. The van der Waals surface area contributed by atoms with Crippen LogP contribution in [0.2, 0.25) is 0 Å². The van der Waals surface area contributed by atoms with Gasteiger partial charge in [0.25, 0.3) is 5.91 Å². The highest BCUT2D eigenvalue weighted by Crippen LogP contribution is 2.06. The Hall–Kier alpha value is -3.13. The van der Waals surface area contributed by atoms with Crippen LogP contribution in [0.25, 0.3) is 0 Å². The van der Waals surface area contributed by atoms with E-state index in [1.807, 2.05) is 37.3 Å². The van der Waals surface area contributed by atoms with E-state index in [1.54, 1.807) is 12.1 Å². The molecule has 0 aliphatic heterocycles. The topological polar surface area (TPSA) is 79.2 Å². The standard InChI is InChI=1S/C18H16N2O3/c1-13-5-7-14(8-6-13)11-20-17(21)12-23-18(22)16-4-2-3-15(9-16)10-19/h2-9H,11-12H2,1H3,(H,20,21). The number of benzene rings is 2. The van der Waals surface area contributed by atoms with Gasteiger partial charge >= 0.3 is 5.97 Å². The maximum Gasteiger partial charge on any atom is 0.338 e. The quantitative estimate of drug-likeness (QED) is 0.860. The molecular weight excluding hydrogens is 292 g/mol. The second-order valence-corrected chi connectivity index (χ2v) is 5.03. The van der Waals surface area contributed by atoms with E-state index >= 15 is 0 Å². The predicted octanol–water partition coefficient (Wildman–Crippen LogP) is 2.34. The van der Waals surface area contributed by atoms with Crippen LogP contribution in [-0.2, 0) is 16.1 Å². The number of nitrogens with zero attached hydrogens (tertiary/aromatic N) is 1. The summed E-state index contributed by atoms with van der Waals surface area (Å²) in [5.74, 6) is -1.01. The van der Waals surface area contributed by atoms with Crippen molar-refractivity contribution in [2.24, 2.45) is 0 Å². The number of amides is 1. The first-order valence-corrected chi connectivity index (χ1v) is 7.08. The van der Waals surface area contributed by atoms with Gasteiger partial charge in [0.2, 0.25) is 0 Å². The van der Waals surface area contributed by atoms with Gasteiger partial charge in [-0.2, -0.15) is 5.26 Å². The highest BCUT2D eigenvalue weighted by Gasteiger charge is 2.10. The molecule has 1 N–H and O–H groups in total. The number of carbonyl (C=O) groups excluding carboxylic acids is 2. The Morgan fingerprint density at radius 2 is 1.91 bits per heavy atom. The molecule has 23 heavy (non-hydrogen) atoms. The Bertz CT molecular complexity index is 746. The van der Waals surface area contributed by atoms with Crippen LogP contribution in [-0.4, -0.2) is 18.5 Å². The van der Waals surface area contributed by atoms with E-state index < -0.39 is 5.97 Å². The summed E-state index contributed by atoms with van der Waals surface area (Å²) >= 11 is 0. The second-order valence-electron chi connectivity index (χ2n) is 5.03. The van der Waals surface area contributed by atoms with E-state index in [0.717, 1.165) is 11.1 Å². The van der Waals surface area contributed by atoms with Crippen LogP contribution in [0.3, 0.4) is 0 Å². The molecule has 0 saturated carbocycles. The van der Waals surface area contributed by atoms with Crippen LogP contribution in [0.5, 0.6) is 0 Å². The van der Waals surface area contributed by atoms with E-state index in [1.165, 1.54) is 12.1 Å². The zero-order chi connectivity index (χ0) is 16.7. The van der Waals surface area contributed by atoms with Crippen molar-refractivity contribution in [2.45, 2.75) is 13.5 Å². The zero-order valence-corrected chi connectivity index (χ0v) is 12.7. The van der Waals surface area contributed by atoms with Crippen molar-refractivity contribution in [1.82, 2.24) is 5.32 Å². The molecule has 2 aromatic carbocycles. The van der Waals surface area contributed by atoms with Gasteiger partial charge in [0.1, 0.15) is 0 Å². The van der Waals surface area contributed by atoms with Gasteiger partial charge in [-0.05, 0) is 30.7 Å². The predicted molar refractivity (Wildman–Crippen MR) is 84.5 cm³/mol. The number of rotatable bonds is 5. The van der Waals surface area contributed by atoms with Gasteiger partial charge in [0.05, 0.1) is 17.2 Å². The minimum absolute atomic E-state index is 0.246. The lowest BCUT2D eigenvalue weighted by molar-refractivity contribution is -0.124. The molecule has 0 radical (unpaired) electrons. The van der Waals surface area contributed by atoms with Crippen molar-refractivity contribution >= 4 is 11.9 Å². The summed E-state index contributed by atoms with van der Waals surface area (Å²) in [5, 5.41) is 11.5. The van der Waals surface area contributed by atoms with Crippen LogP contribution in [0.1, 0.15) is 27.0 Å². The molecule has 0 aromatic heterocycles. The molecule has 0 fully saturated rings. The number of ether oxygens (including phenoxy) is 1. The van der Waals surface area contributed by atoms with Gasteiger partial charge in [0, 0.05) is 6.54 Å². The summed E-state index contributed by atoms with van der Waals surface area (Å²) in [6.07, 6.45) is 0. The van der Waals surface area contributed by atoms with Gasteiger partial charge in [-0.25, -0.2) is 4.79 Å². The molecule has 116 valence electrons. The van der Waals surface area contributed by atoms with Crippen LogP contribution in [0.4, 0.5) is 0 Å². The Balaban J connectivity index is 1.80. The lowest BCUT2D eigenvalue weighted by atomic mass is 10.1. The largest absolute Gasteiger partial charge is 0.452 e. The van der Waals surface area contributed by atoms with Crippen molar-refractivity contribution in [1.29, 1.82) is 5.26 Å². The molecular formula is C18H16N2O3. The van der Waals surface area contributed by atoms with Crippen LogP contribution in [0.15, 0.2) is 48.5 Å². The average Bonchev–Trinajstić information content (AvgIpc) is 2.59.